The first-order valence-corrected chi connectivity index (χ1v) is 7.25. The summed E-state index contributed by atoms with van der Waals surface area (Å²) in [5, 5.41) is 3.19. The van der Waals surface area contributed by atoms with Crippen molar-refractivity contribution < 1.29 is 4.79 Å². The third kappa shape index (κ3) is 2.22. The highest BCUT2D eigenvalue weighted by atomic mass is 16.2. The smallest absolute Gasteiger partial charge is 0.322 e. The van der Waals surface area contributed by atoms with Gasteiger partial charge < -0.3 is 5.32 Å². The van der Waals surface area contributed by atoms with Crippen LogP contribution in [0.15, 0.2) is 24.3 Å². The van der Waals surface area contributed by atoms with Crippen molar-refractivity contribution in [3.05, 3.63) is 29.8 Å². The van der Waals surface area contributed by atoms with E-state index in [0.717, 1.165) is 25.1 Å². The molecule has 1 N–H and O–H groups in total. The molecule has 1 aromatic carbocycles. The SMILES string of the molecule is CC1(C)CN(C(=O)NC2CCCC2)c2ccccc21. The van der Waals surface area contributed by atoms with E-state index in [1.165, 1.54) is 18.4 Å². The van der Waals surface area contributed by atoms with Crippen molar-refractivity contribution in [2.45, 2.75) is 51.0 Å². The molecule has 3 nitrogen and oxygen atoms in total. The van der Waals surface area contributed by atoms with E-state index in [4.69, 9.17) is 0 Å². The summed E-state index contributed by atoms with van der Waals surface area (Å²) in [7, 11) is 0. The summed E-state index contributed by atoms with van der Waals surface area (Å²) in [6, 6.07) is 8.71. The largest absolute Gasteiger partial charge is 0.335 e. The first-order valence-electron chi connectivity index (χ1n) is 7.25. The van der Waals surface area contributed by atoms with Crippen molar-refractivity contribution in [1.82, 2.24) is 5.32 Å². The molecule has 102 valence electrons. The van der Waals surface area contributed by atoms with Gasteiger partial charge in [0.25, 0.3) is 0 Å². The normalized spacial score (nSPS) is 21.5. The standard InChI is InChI=1S/C16H22N2O/c1-16(2)11-18(14-10-6-5-9-13(14)16)15(19)17-12-7-3-4-8-12/h5-6,9-10,12H,3-4,7-8,11H2,1-2H3,(H,17,19). The van der Waals surface area contributed by atoms with E-state index < -0.39 is 0 Å². The summed E-state index contributed by atoms with van der Waals surface area (Å²) >= 11 is 0. The average Bonchev–Trinajstić information content (AvgIpc) is 2.97. The maximum atomic E-state index is 12.5. The number of hydrogen-bond acceptors (Lipinski definition) is 1. The molecule has 1 aliphatic heterocycles. The Labute approximate surface area is 115 Å². The quantitative estimate of drug-likeness (QED) is 0.822. The number of benzene rings is 1. The highest BCUT2D eigenvalue weighted by Gasteiger charge is 2.38. The van der Waals surface area contributed by atoms with Crippen LogP contribution in [0.25, 0.3) is 0 Å². The van der Waals surface area contributed by atoms with Crippen LogP contribution in [0.3, 0.4) is 0 Å². The van der Waals surface area contributed by atoms with E-state index in [-0.39, 0.29) is 11.4 Å². The third-order valence-electron chi connectivity index (χ3n) is 4.41. The molecule has 0 saturated heterocycles. The van der Waals surface area contributed by atoms with Crippen molar-refractivity contribution in [2.75, 3.05) is 11.4 Å². The van der Waals surface area contributed by atoms with Crippen molar-refractivity contribution in [1.29, 1.82) is 0 Å². The van der Waals surface area contributed by atoms with Crippen LogP contribution in [0.4, 0.5) is 10.5 Å². The first-order chi connectivity index (χ1) is 9.08. The first kappa shape index (κ1) is 12.5. The molecule has 0 unspecified atom stereocenters. The second-order valence-electron chi connectivity index (χ2n) is 6.42. The van der Waals surface area contributed by atoms with Crippen LogP contribution in [0.5, 0.6) is 0 Å². The summed E-state index contributed by atoms with van der Waals surface area (Å²) in [4.78, 5) is 14.4. The van der Waals surface area contributed by atoms with Gasteiger partial charge in [-0.05, 0) is 24.5 Å². The molecule has 1 aromatic rings. The summed E-state index contributed by atoms with van der Waals surface area (Å²) in [5.74, 6) is 0. The molecule has 3 rings (SSSR count). The Bertz CT molecular complexity index is 489. The highest BCUT2D eigenvalue weighted by molar-refractivity contribution is 5.95. The number of urea groups is 1. The van der Waals surface area contributed by atoms with Crippen LogP contribution in [0.2, 0.25) is 0 Å². The molecule has 0 bridgehead atoms. The van der Waals surface area contributed by atoms with Crippen LogP contribution in [0, 0.1) is 0 Å². The number of nitrogens with one attached hydrogen (secondary N) is 1. The fourth-order valence-corrected chi connectivity index (χ4v) is 3.35. The van der Waals surface area contributed by atoms with E-state index in [0.29, 0.717) is 6.04 Å². The lowest BCUT2D eigenvalue weighted by Gasteiger charge is -2.23. The highest BCUT2D eigenvalue weighted by Crippen LogP contribution is 2.40. The van der Waals surface area contributed by atoms with E-state index in [1.807, 2.05) is 11.0 Å². The Morgan fingerprint density at radius 1 is 1.26 bits per heavy atom. The number of fused-ring (bicyclic) bond motifs is 1. The maximum absolute atomic E-state index is 12.5. The van der Waals surface area contributed by atoms with Gasteiger partial charge in [0.2, 0.25) is 0 Å². The van der Waals surface area contributed by atoms with Gasteiger partial charge in [0.1, 0.15) is 0 Å². The lowest BCUT2D eigenvalue weighted by molar-refractivity contribution is 0.242. The number of nitrogens with zero attached hydrogens (tertiary/aromatic N) is 1. The minimum atomic E-state index is 0.0452. The number of carbonyl (C=O) groups excluding carboxylic acids is 1. The number of carbonyl (C=O) groups is 1. The summed E-state index contributed by atoms with van der Waals surface area (Å²) in [6.07, 6.45) is 4.75. The molecule has 1 saturated carbocycles. The number of para-hydroxylation sites is 1. The van der Waals surface area contributed by atoms with E-state index in [9.17, 15) is 4.79 Å². The molecule has 1 heterocycles. The lowest BCUT2D eigenvalue weighted by Crippen LogP contribution is -2.45. The van der Waals surface area contributed by atoms with Gasteiger partial charge in [0.15, 0.2) is 0 Å². The molecule has 1 fully saturated rings. The summed E-state index contributed by atoms with van der Waals surface area (Å²) in [5.41, 5.74) is 2.39. The van der Waals surface area contributed by atoms with Crippen LogP contribution in [-0.4, -0.2) is 18.6 Å². The van der Waals surface area contributed by atoms with Crippen molar-refractivity contribution in [2.24, 2.45) is 0 Å². The Kier molecular flexibility index (Phi) is 3.00. The molecule has 0 radical (unpaired) electrons. The third-order valence-corrected chi connectivity index (χ3v) is 4.41. The van der Waals surface area contributed by atoms with Gasteiger partial charge in [-0.15, -0.1) is 0 Å². The maximum Gasteiger partial charge on any atom is 0.322 e. The minimum Gasteiger partial charge on any atom is -0.335 e. The molecule has 2 amide bonds. The van der Waals surface area contributed by atoms with Gasteiger partial charge in [-0.3, -0.25) is 4.90 Å². The Hall–Kier alpha value is -1.51. The van der Waals surface area contributed by atoms with Gasteiger partial charge >= 0.3 is 6.03 Å². The molecule has 19 heavy (non-hydrogen) atoms. The molecule has 0 spiro atoms. The number of rotatable bonds is 1. The lowest BCUT2D eigenvalue weighted by atomic mass is 9.87. The second-order valence-corrected chi connectivity index (χ2v) is 6.42. The van der Waals surface area contributed by atoms with E-state index in [2.05, 4.69) is 37.4 Å². The summed E-state index contributed by atoms with van der Waals surface area (Å²) < 4.78 is 0. The van der Waals surface area contributed by atoms with Crippen LogP contribution >= 0.6 is 0 Å². The molecule has 3 heteroatoms. The number of anilines is 1. The molecular weight excluding hydrogens is 236 g/mol. The van der Waals surface area contributed by atoms with Gasteiger partial charge in [0.05, 0.1) is 0 Å². The Morgan fingerprint density at radius 3 is 2.68 bits per heavy atom. The van der Waals surface area contributed by atoms with Crippen LogP contribution in [0.1, 0.15) is 45.1 Å². The van der Waals surface area contributed by atoms with Gasteiger partial charge in [-0.2, -0.15) is 0 Å². The Morgan fingerprint density at radius 2 is 1.95 bits per heavy atom. The molecule has 1 aliphatic carbocycles. The zero-order chi connectivity index (χ0) is 13.5. The van der Waals surface area contributed by atoms with Gasteiger partial charge in [0, 0.05) is 23.7 Å². The van der Waals surface area contributed by atoms with Crippen molar-refractivity contribution in [3.63, 3.8) is 0 Å². The fraction of sp³-hybridized carbons (Fsp3) is 0.562. The molecule has 2 aliphatic rings. The zero-order valence-electron chi connectivity index (χ0n) is 11.8. The zero-order valence-corrected chi connectivity index (χ0v) is 11.8. The fourth-order valence-electron chi connectivity index (χ4n) is 3.35. The number of amides is 2. The van der Waals surface area contributed by atoms with Gasteiger partial charge in [-0.25, -0.2) is 4.79 Å². The summed E-state index contributed by atoms with van der Waals surface area (Å²) in [6.45, 7) is 5.17. The number of hydrogen-bond donors (Lipinski definition) is 1. The van der Waals surface area contributed by atoms with Crippen molar-refractivity contribution in [3.8, 4) is 0 Å². The average molecular weight is 258 g/mol. The molecular formula is C16H22N2O. The Balaban J connectivity index is 1.80. The topological polar surface area (TPSA) is 32.3 Å². The predicted molar refractivity (Wildman–Crippen MR) is 77.6 cm³/mol. The van der Waals surface area contributed by atoms with Crippen molar-refractivity contribution >= 4 is 11.7 Å². The van der Waals surface area contributed by atoms with E-state index >= 15 is 0 Å². The predicted octanol–water partition coefficient (Wildman–Crippen LogP) is 3.44. The monoisotopic (exact) mass is 258 g/mol. The van der Waals surface area contributed by atoms with Crippen LogP contribution < -0.4 is 10.2 Å². The molecule has 0 atom stereocenters. The van der Waals surface area contributed by atoms with E-state index in [1.54, 1.807) is 0 Å². The molecule has 0 aromatic heterocycles. The second kappa shape index (κ2) is 4.55. The van der Waals surface area contributed by atoms with Crippen LogP contribution in [-0.2, 0) is 5.41 Å². The van der Waals surface area contributed by atoms with Gasteiger partial charge in [-0.1, -0.05) is 44.9 Å². The minimum absolute atomic E-state index is 0.0452.